The number of thiazole rings is 1. The summed E-state index contributed by atoms with van der Waals surface area (Å²) in [4.78, 5) is 18.2. The molecule has 5 nitrogen and oxygen atoms in total. The minimum atomic E-state index is -0.140. The third-order valence-electron chi connectivity index (χ3n) is 3.17. The second-order valence-corrected chi connectivity index (χ2v) is 5.81. The molecule has 0 atom stereocenters. The zero-order valence-corrected chi connectivity index (χ0v) is 12.8. The van der Waals surface area contributed by atoms with Gasteiger partial charge < -0.3 is 9.64 Å². The summed E-state index contributed by atoms with van der Waals surface area (Å²) in [5.74, 6) is 0. The number of benzene rings is 1. The maximum Gasteiger partial charge on any atom is 0.323 e. The number of urea groups is 1. The molecule has 0 spiro atoms. The predicted molar refractivity (Wildman–Crippen MR) is 84.0 cm³/mol. The second kappa shape index (κ2) is 6.43. The Hall–Kier alpha value is -1.63. The number of carbonyl (C=O) groups is 1. The minimum absolute atomic E-state index is 0.140. The molecule has 110 valence electrons. The Kier molecular flexibility index (Phi) is 4.38. The predicted octanol–water partition coefficient (Wildman–Crippen LogP) is 3.33. The number of aromatic nitrogens is 1. The molecule has 1 fully saturated rings. The summed E-state index contributed by atoms with van der Waals surface area (Å²) >= 11 is 7.54. The molecule has 2 aromatic rings. The molecule has 1 aliphatic heterocycles. The summed E-state index contributed by atoms with van der Waals surface area (Å²) in [6.45, 7) is 2.37. The third-order valence-corrected chi connectivity index (χ3v) is 4.25. The highest BCUT2D eigenvalue weighted by Crippen LogP contribution is 2.30. The molecule has 0 aliphatic carbocycles. The number of hydrogen-bond donors (Lipinski definition) is 1. The van der Waals surface area contributed by atoms with Gasteiger partial charge in [0.2, 0.25) is 0 Å². The maximum atomic E-state index is 12.1. The van der Waals surface area contributed by atoms with Gasteiger partial charge in [0.05, 0.1) is 18.9 Å². The maximum absolute atomic E-state index is 12.1. The number of ether oxygens (including phenoxy) is 1. The van der Waals surface area contributed by atoms with E-state index >= 15 is 0 Å². The normalized spacial score (nSPS) is 15.0. The van der Waals surface area contributed by atoms with E-state index in [1.165, 1.54) is 11.3 Å². The lowest BCUT2D eigenvalue weighted by Crippen LogP contribution is -2.43. The van der Waals surface area contributed by atoms with Crippen molar-refractivity contribution in [3.8, 4) is 11.3 Å². The molecule has 2 amide bonds. The van der Waals surface area contributed by atoms with E-state index in [4.69, 9.17) is 16.3 Å². The molecule has 1 aromatic heterocycles. The number of nitrogens with one attached hydrogen (secondary N) is 1. The highest BCUT2D eigenvalue weighted by atomic mass is 35.5. The van der Waals surface area contributed by atoms with Crippen LogP contribution in [-0.2, 0) is 4.74 Å². The molecule has 2 heterocycles. The summed E-state index contributed by atoms with van der Waals surface area (Å²) < 4.78 is 5.23. The number of carbonyl (C=O) groups excluding carboxylic acids is 1. The lowest BCUT2D eigenvalue weighted by molar-refractivity contribution is 0.0564. The van der Waals surface area contributed by atoms with Crippen LogP contribution in [0.25, 0.3) is 11.3 Å². The van der Waals surface area contributed by atoms with Gasteiger partial charge in [-0.25, -0.2) is 9.78 Å². The van der Waals surface area contributed by atoms with Crippen LogP contribution in [0.2, 0.25) is 5.02 Å². The average molecular weight is 324 g/mol. The van der Waals surface area contributed by atoms with E-state index in [2.05, 4.69) is 10.3 Å². The molecule has 0 bridgehead atoms. The highest BCUT2D eigenvalue weighted by molar-refractivity contribution is 7.14. The van der Waals surface area contributed by atoms with Gasteiger partial charge >= 0.3 is 6.03 Å². The molecule has 21 heavy (non-hydrogen) atoms. The van der Waals surface area contributed by atoms with Gasteiger partial charge in [-0.2, -0.15) is 0 Å². The van der Waals surface area contributed by atoms with Crippen LogP contribution in [0.3, 0.4) is 0 Å². The molecule has 3 rings (SSSR count). The zero-order chi connectivity index (χ0) is 14.7. The van der Waals surface area contributed by atoms with Crippen LogP contribution in [0.4, 0.5) is 9.93 Å². The number of rotatable bonds is 2. The van der Waals surface area contributed by atoms with Gasteiger partial charge in [-0.3, -0.25) is 5.32 Å². The second-order valence-electron chi connectivity index (χ2n) is 4.55. The minimum Gasteiger partial charge on any atom is -0.378 e. The van der Waals surface area contributed by atoms with E-state index in [9.17, 15) is 4.79 Å². The number of anilines is 1. The first-order valence-corrected chi connectivity index (χ1v) is 7.84. The average Bonchev–Trinajstić information content (AvgIpc) is 2.97. The Balaban J connectivity index is 1.70. The van der Waals surface area contributed by atoms with Gasteiger partial charge in [0.15, 0.2) is 5.13 Å². The Morgan fingerprint density at radius 3 is 2.86 bits per heavy atom. The van der Waals surface area contributed by atoms with Crippen molar-refractivity contribution < 1.29 is 9.53 Å². The summed E-state index contributed by atoms with van der Waals surface area (Å²) in [5, 5.41) is 5.92. The van der Waals surface area contributed by atoms with E-state index in [1.807, 2.05) is 29.6 Å². The molecule has 0 unspecified atom stereocenters. The first-order chi connectivity index (χ1) is 10.2. The van der Waals surface area contributed by atoms with Gasteiger partial charge in [-0.1, -0.05) is 29.8 Å². The van der Waals surface area contributed by atoms with Crippen molar-refractivity contribution >= 4 is 34.1 Å². The fraction of sp³-hybridized carbons (Fsp3) is 0.286. The Bertz CT molecular complexity index is 641. The van der Waals surface area contributed by atoms with Crippen LogP contribution in [-0.4, -0.2) is 42.2 Å². The van der Waals surface area contributed by atoms with E-state index in [1.54, 1.807) is 4.90 Å². The van der Waals surface area contributed by atoms with E-state index in [0.717, 1.165) is 11.3 Å². The molecular formula is C14H14ClN3O2S. The molecule has 1 N–H and O–H groups in total. The van der Waals surface area contributed by atoms with Gasteiger partial charge in [-0.05, 0) is 6.07 Å². The molecule has 1 saturated heterocycles. The van der Waals surface area contributed by atoms with Crippen molar-refractivity contribution in [2.24, 2.45) is 0 Å². The van der Waals surface area contributed by atoms with Crippen LogP contribution in [0.15, 0.2) is 29.6 Å². The molecule has 1 aliphatic rings. The lowest BCUT2D eigenvalue weighted by atomic mass is 10.2. The van der Waals surface area contributed by atoms with E-state index in [-0.39, 0.29) is 6.03 Å². The summed E-state index contributed by atoms with van der Waals surface area (Å²) in [6.07, 6.45) is 0. The van der Waals surface area contributed by atoms with Crippen molar-refractivity contribution in [1.82, 2.24) is 9.88 Å². The smallest absolute Gasteiger partial charge is 0.323 e. The van der Waals surface area contributed by atoms with Crippen LogP contribution in [0, 0.1) is 0 Å². The zero-order valence-electron chi connectivity index (χ0n) is 11.2. The van der Waals surface area contributed by atoms with E-state index < -0.39 is 0 Å². The van der Waals surface area contributed by atoms with Crippen LogP contribution >= 0.6 is 22.9 Å². The Labute approximate surface area is 131 Å². The molecule has 0 saturated carbocycles. The molecule has 7 heteroatoms. The highest BCUT2D eigenvalue weighted by Gasteiger charge is 2.18. The van der Waals surface area contributed by atoms with Gasteiger partial charge in [0, 0.05) is 29.1 Å². The Morgan fingerprint density at radius 2 is 2.10 bits per heavy atom. The molecule has 1 aromatic carbocycles. The van der Waals surface area contributed by atoms with Gasteiger partial charge in [-0.15, -0.1) is 11.3 Å². The van der Waals surface area contributed by atoms with Crippen LogP contribution < -0.4 is 5.32 Å². The number of amides is 2. The number of morpholine rings is 1. The van der Waals surface area contributed by atoms with Crippen molar-refractivity contribution in [3.63, 3.8) is 0 Å². The first-order valence-electron chi connectivity index (χ1n) is 6.58. The standard InChI is InChI=1S/C14H14ClN3O2S/c15-11-4-2-1-3-10(11)12-9-21-13(16-12)17-14(19)18-5-7-20-8-6-18/h1-4,9H,5-8H2,(H,16,17,19). The van der Waals surface area contributed by atoms with Crippen LogP contribution in [0.5, 0.6) is 0 Å². The summed E-state index contributed by atoms with van der Waals surface area (Å²) in [5.41, 5.74) is 1.63. The van der Waals surface area contributed by atoms with Crippen LogP contribution in [0.1, 0.15) is 0 Å². The van der Waals surface area contributed by atoms with Crippen molar-refractivity contribution in [2.45, 2.75) is 0 Å². The monoisotopic (exact) mass is 323 g/mol. The lowest BCUT2D eigenvalue weighted by Gasteiger charge is -2.26. The Morgan fingerprint density at radius 1 is 1.33 bits per heavy atom. The number of nitrogens with zero attached hydrogens (tertiary/aromatic N) is 2. The molecular weight excluding hydrogens is 310 g/mol. The quantitative estimate of drug-likeness (QED) is 0.922. The molecule has 0 radical (unpaired) electrons. The van der Waals surface area contributed by atoms with E-state index in [0.29, 0.717) is 36.5 Å². The van der Waals surface area contributed by atoms with Gasteiger partial charge in [0.1, 0.15) is 0 Å². The fourth-order valence-corrected chi connectivity index (χ4v) is 2.99. The summed E-state index contributed by atoms with van der Waals surface area (Å²) in [6, 6.07) is 7.37. The number of halogens is 1. The van der Waals surface area contributed by atoms with Crippen molar-refractivity contribution in [1.29, 1.82) is 0 Å². The fourth-order valence-electron chi connectivity index (χ4n) is 2.06. The first kappa shape index (κ1) is 14.3. The summed E-state index contributed by atoms with van der Waals surface area (Å²) in [7, 11) is 0. The van der Waals surface area contributed by atoms with Gasteiger partial charge in [0.25, 0.3) is 0 Å². The van der Waals surface area contributed by atoms with Crippen molar-refractivity contribution in [3.05, 3.63) is 34.7 Å². The topological polar surface area (TPSA) is 54.5 Å². The SMILES string of the molecule is O=C(Nc1nc(-c2ccccc2Cl)cs1)N1CCOCC1. The largest absolute Gasteiger partial charge is 0.378 e. The third kappa shape index (κ3) is 3.34. The number of hydrogen-bond acceptors (Lipinski definition) is 4. The van der Waals surface area contributed by atoms with Crippen molar-refractivity contribution in [2.75, 3.05) is 31.6 Å².